The molecule has 30 heteroatoms. The maximum Gasteiger partial charge on any atom is 0.258 e. The van der Waals surface area contributed by atoms with Gasteiger partial charge in [-0.15, -0.1) is 51.0 Å². The molecule has 1 aliphatic carbocycles. The van der Waals surface area contributed by atoms with Crippen LogP contribution in [0.3, 0.4) is 0 Å². The number of benzene rings is 9. The van der Waals surface area contributed by atoms with Crippen LogP contribution in [0.1, 0.15) is 84.7 Å². The number of aromatic nitrogens is 20. The van der Waals surface area contributed by atoms with Crippen LogP contribution in [-0.2, 0) is 0 Å². The zero-order valence-electron chi connectivity index (χ0n) is 56.8. The summed E-state index contributed by atoms with van der Waals surface area (Å²) in [6.45, 7) is 4.82. The van der Waals surface area contributed by atoms with Gasteiger partial charge in [-0.2, -0.15) is 26.1 Å². The van der Waals surface area contributed by atoms with E-state index in [4.69, 9.17) is 9.47 Å². The lowest BCUT2D eigenvalue weighted by molar-refractivity contribution is 0.0989. The van der Waals surface area contributed by atoms with Crippen molar-refractivity contribution in [1.82, 2.24) is 103 Å². The van der Waals surface area contributed by atoms with E-state index in [0.29, 0.717) is 62.8 Å². The van der Waals surface area contributed by atoms with E-state index in [1.54, 1.807) is 128 Å². The van der Waals surface area contributed by atoms with Gasteiger partial charge in [-0.25, -0.2) is 0 Å². The summed E-state index contributed by atoms with van der Waals surface area (Å²) >= 11 is 0. The predicted octanol–water partition coefficient (Wildman–Crippen LogP) is 12.0. The fourth-order valence-electron chi connectivity index (χ4n) is 10.4. The normalized spacial score (nSPS) is 11.4. The molecular weight excluding hydrogens is 1320 g/mol. The number of ether oxygens (including phenoxy) is 2. The molecule has 0 spiro atoms. The average molecular weight is 1390 g/mol. The Balaban J connectivity index is 0.000000130. The molecule has 0 saturated heterocycles. The minimum absolute atomic E-state index is 0.0686. The van der Waals surface area contributed by atoms with Gasteiger partial charge in [0.2, 0.25) is 29.1 Å². The molecular formula is C74H70N24O6. The minimum atomic E-state index is -0.218. The fourth-order valence-corrected chi connectivity index (χ4v) is 10.4. The summed E-state index contributed by atoms with van der Waals surface area (Å²) < 4.78 is 11.1. The van der Waals surface area contributed by atoms with Crippen molar-refractivity contribution in [1.29, 1.82) is 0 Å². The van der Waals surface area contributed by atoms with Gasteiger partial charge < -0.3 is 30.3 Å². The number of hydrogen-bond acceptors (Lipinski definition) is 21. The molecule has 522 valence electrons. The third kappa shape index (κ3) is 20.2. The highest BCUT2D eigenvalue weighted by Crippen LogP contribution is 2.28. The van der Waals surface area contributed by atoms with Crippen molar-refractivity contribution in [2.45, 2.75) is 46.0 Å². The van der Waals surface area contributed by atoms with Crippen LogP contribution in [0.25, 0.3) is 56.9 Å². The van der Waals surface area contributed by atoms with E-state index >= 15 is 0 Å². The summed E-state index contributed by atoms with van der Waals surface area (Å²) in [4.78, 5) is 50.6. The summed E-state index contributed by atoms with van der Waals surface area (Å²) in [6.07, 6.45) is 6.70. The van der Waals surface area contributed by atoms with Gasteiger partial charge in [0, 0.05) is 74.2 Å². The Labute approximate surface area is 595 Å². The number of para-hydroxylation sites is 3. The molecule has 4 amide bonds. The van der Waals surface area contributed by atoms with Crippen LogP contribution < -0.4 is 30.3 Å². The highest BCUT2D eigenvalue weighted by Gasteiger charge is 2.18. The van der Waals surface area contributed by atoms with Crippen LogP contribution in [0.2, 0.25) is 0 Å². The van der Waals surface area contributed by atoms with Crippen LogP contribution in [0.15, 0.2) is 224 Å². The van der Waals surface area contributed by atoms with Crippen LogP contribution >= 0.6 is 0 Å². The van der Waals surface area contributed by atoms with Crippen molar-refractivity contribution in [3.05, 3.63) is 258 Å². The van der Waals surface area contributed by atoms with Gasteiger partial charge in [0.05, 0.1) is 19.4 Å². The number of rotatable bonds is 17. The number of aryl methyl sites for hydroxylation is 2. The second kappa shape index (κ2) is 36.1. The maximum atomic E-state index is 12.4. The van der Waals surface area contributed by atoms with Crippen molar-refractivity contribution in [2.24, 2.45) is 5.92 Å². The van der Waals surface area contributed by atoms with E-state index < -0.39 is 0 Å². The van der Waals surface area contributed by atoms with Crippen LogP contribution in [0, 0.1) is 19.8 Å². The third-order valence-electron chi connectivity index (χ3n) is 16.0. The van der Waals surface area contributed by atoms with Crippen molar-refractivity contribution in [3.63, 3.8) is 0 Å². The lowest BCUT2D eigenvalue weighted by atomic mass is 9.90. The van der Waals surface area contributed by atoms with Crippen LogP contribution in [0.5, 0.6) is 11.5 Å². The van der Waals surface area contributed by atoms with Gasteiger partial charge in [0.1, 0.15) is 11.5 Å². The second-order valence-electron chi connectivity index (χ2n) is 23.3. The first kappa shape index (κ1) is 71.1. The molecule has 0 radical (unpaired) electrons. The summed E-state index contributed by atoms with van der Waals surface area (Å²) in [5, 5.41) is 77.2. The van der Waals surface area contributed by atoms with Crippen molar-refractivity contribution >= 4 is 46.4 Å². The minimum Gasteiger partial charge on any atom is -0.495 e. The summed E-state index contributed by atoms with van der Waals surface area (Å²) in [7, 11) is 3.31. The zero-order valence-corrected chi connectivity index (χ0v) is 56.8. The first-order chi connectivity index (χ1) is 50.9. The van der Waals surface area contributed by atoms with Gasteiger partial charge in [0.25, 0.3) is 23.6 Å². The second-order valence-corrected chi connectivity index (χ2v) is 23.3. The number of nitrogens with zero attached hydrogens (tertiary/aromatic N) is 16. The maximum absolute atomic E-state index is 12.4. The summed E-state index contributed by atoms with van der Waals surface area (Å²) in [5.74, 6) is 4.26. The number of hydrogen-bond donors (Lipinski definition) is 8. The number of H-pyrrole nitrogens is 5. The Morgan fingerprint density at radius 2 is 0.817 bits per heavy atom. The Bertz CT molecular complexity index is 4920. The number of tetrazole rings is 5. The molecule has 30 nitrogen and oxygen atoms in total. The van der Waals surface area contributed by atoms with E-state index in [0.717, 1.165) is 74.3 Å². The Kier molecular flexibility index (Phi) is 24.7. The monoisotopic (exact) mass is 1390 g/mol. The molecule has 5 aromatic heterocycles. The van der Waals surface area contributed by atoms with E-state index in [9.17, 15) is 19.2 Å². The first-order valence-corrected chi connectivity index (χ1v) is 32.8. The smallest absolute Gasteiger partial charge is 0.258 e. The van der Waals surface area contributed by atoms with E-state index in [1.807, 2.05) is 129 Å². The highest BCUT2D eigenvalue weighted by atomic mass is 16.5. The molecule has 15 rings (SSSR count). The van der Waals surface area contributed by atoms with Gasteiger partial charge in [-0.05, 0) is 186 Å². The van der Waals surface area contributed by atoms with Gasteiger partial charge in [-0.3, -0.25) is 19.2 Å². The molecule has 8 N–H and O–H groups in total. The lowest BCUT2D eigenvalue weighted by Crippen LogP contribution is -2.25. The number of methoxy groups -OCH3 is 1. The number of carbonyl (C=O) groups is 4. The van der Waals surface area contributed by atoms with Gasteiger partial charge >= 0.3 is 0 Å². The van der Waals surface area contributed by atoms with Crippen molar-refractivity contribution in [3.8, 4) is 68.4 Å². The van der Waals surface area contributed by atoms with Crippen molar-refractivity contribution < 1.29 is 28.7 Å². The van der Waals surface area contributed by atoms with E-state index in [1.165, 1.54) is 32.1 Å². The molecule has 104 heavy (non-hydrogen) atoms. The quantitative estimate of drug-likeness (QED) is 0.0420. The highest BCUT2D eigenvalue weighted by molar-refractivity contribution is 6.07. The number of aromatic amines is 5. The molecule has 14 aromatic rings. The lowest BCUT2D eigenvalue weighted by Gasteiger charge is -2.21. The molecule has 0 aliphatic heterocycles. The predicted molar refractivity (Wildman–Crippen MR) is 389 cm³/mol. The average Bonchev–Trinajstić information content (AvgIpc) is 1.20. The molecule has 1 saturated carbocycles. The zero-order chi connectivity index (χ0) is 72.2. The van der Waals surface area contributed by atoms with Gasteiger partial charge in [-0.1, -0.05) is 128 Å². The Morgan fingerprint density at radius 1 is 0.413 bits per heavy atom. The molecule has 9 aromatic carbocycles. The first-order valence-electron chi connectivity index (χ1n) is 32.8. The fraction of sp³-hybridized carbons (Fsp3) is 0.149. The standard InChI is InChI=1S/C15H13N5O2.3C15H13N5O.C14H18N4O/c1-22-13-5-3-2-4-12(13)16-15(21)11-8-6-10(7-9-11)14-17-19-20-18-14;1-10-2-8-13(9-3-10)16-15(21)12-6-4-11(5-7-12)14-17-19-20-18-14;1-10-3-2-4-13(9-10)16-15(21)12-7-5-11(6-8-12)14-17-19-20-18-14;1-20(13-5-3-2-4-6-13)15(21)12-9-7-11(8-10-12)14-16-18-19-17-14;1-2-4-11(5-3-1)10-19-13-8-6-12(7-9-13)14-15-17-18-16-14/h2-9H,1H3,(H,16,21)(H,17,18,19,20);2*2-9H,1H3,(H,16,21)(H,17,18,19,20);2-10H,1H3,(H,16,17,18,19);6-9,11H,1-5,10H2,(H,15,16,17,18). The van der Waals surface area contributed by atoms with Gasteiger partial charge in [0.15, 0.2) is 0 Å². The SMILES string of the molecule is CN(C(=O)c1ccc(-c2nn[nH]n2)cc1)c1ccccc1.COc1ccccc1NC(=O)c1ccc(-c2nn[nH]n2)cc1.Cc1ccc(NC(=O)c2ccc(-c3nn[nH]n3)cc2)cc1.Cc1cccc(NC(=O)c2ccc(-c3nn[nH]n3)cc2)c1.c1cc(-c2nn[nH]n2)ccc1OCC1CCCCC1. The molecule has 1 aliphatic rings. The molecule has 1 fully saturated rings. The van der Waals surface area contributed by atoms with E-state index in [-0.39, 0.29) is 23.6 Å². The Morgan fingerprint density at radius 3 is 1.24 bits per heavy atom. The largest absolute Gasteiger partial charge is 0.495 e. The van der Waals surface area contributed by atoms with E-state index in [2.05, 4.69) is 119 Å². The van der Waals surface area contributed by atoms with Crippen molar-refractivity contribution in [2.75, 3.05) is 41.6 Å². The molecule has 5 heterocycles. The topological polar surface area (TPSA) is 398 Å². The third-order valence-corrected chi connectivity index (χ3v) is 16.0. The summed E-state index contributed by atoms with van der Waals surface area (Å²) in [6, 6.07) is 68.1. The molecule has 0 atom stereocenters. The number of nitrogens with one attached hydrogen (secondary N) is 8. The molecule has 0 unspecified atom stereocenters. The number of carbonyl (C=O) groups excluding carboxylic acids is 4. The molecule has 0 bridgehead atoms. The van der Waals surface area contributed by atoms with Crippen LogP contribution in [-0.4, -0.2) is 148 Å². The van der Waals surface area contributed by atoms with Crippen LogP contribution in [0.4, 0.5) is 22.7 Å². The number of amides is 4. The Hall–Kier alpha value is -14.2. The number of anilines is 4. The summed E-state index contributed by atoms with van der Waals surface area (Å²) in [5.41, 5.74) is 11.7.